The van der Waals surface area contributed by atoms with Crippen molar-refractivity contribution in [3.05, 3.63) is 0 Å². The first-order valence-electron chi connectivity index (χ1n) is 5.44. The second kappa shape index (κ2) is 6.41. The van der Waals surface area contributed by atoms with Crippen LogP contribution in [-0.4, -0.2) is 62.6 Å². The van der Waals surface area contributed by atoms with Gasteiger partial charge < -0.3 is 10.2 Å². The van der Waals surface area contributed by atoms with Crippen LogP contribution in [0.5, 0.6) is 0 Å². The summed E-state index contributed by atoms with van der Waals surface area (Å²) in [6.07, 6.45) is -0.189. The Hall–Kier alpha value is -1.54. The lowest BCUT2D eigenvalue weighted by atomic mass is 10.2. The van der Waals surface area contributed by atoms with Crippen molar-refractivity contribution in [2.45, 2.75) is 19.3 Å². The summed E-state index contributed by atoms with van der Waals surface area (Å²) in [5.41, 5.74) is 0. The van der Waals surface area contributed by atoms with Crippen LogP contribution in [0, 0.1) is 0 Å². The molecule has 8 heteroatoms. The maximum atomic E-state index is 11.6. The van der Waals surface area contributed by atoms with Crippen molar-refractivity contribution in [3.63, 3.8) is 0 Å². The number of carboxylic acid groups (broad SMARTS) is 1. The summed E-state index contributed by atoms with van der Waals surface area (Å²) < 4.78 is 0. The third-order valence-electron chi connectivity index (χ3n) is 2.46. The number of carbonyl (C=O) groups excluding carboxylic acids is 2. The topological polar surface area (TPSA) is 98.2 Å². The Bertz CT molecular complexity index is 384. The van der Waals surface area contributed by atoms with Gasteiger partial charge in [0.05, 0.1) is 6.42 Å². The van der Waals surface area contributed by atoms with Gasteiger partial charge in [-0.2, -0.15) is 0 Å². The van der Waals surface area contributed by atoms with E-state index in [1.165, 1.54) is 4.90 Å². The van der Waals surface area contributed by atoms with Crippen molar-refractivity contribution in [2.75, 3.05) is 19.7 Å². The second-order valence-corrected chi connectivity index (χ2v) is 4.14. The molecule has 2 N–H and O–H groups in total. The minimum atomic E-state index is -1.04. The minimum absolute atomic E-state index is 0.0194. The van der Waals surface area contributed by atoms with E-state index in [9.17, 15) is 14.4 Å². The average Bonchev–Trinajstić information content (AvgIpc) is 2.27. The van der Waals surface area contributed by atoms with Crippen LogP contribution in [0.25, 0.3) is 0 Å². The lowest BCUT2D eigenvalue weighted by molar-refractivity contribution is -0.141. The molecule has 0 atom stereocenters. The van der Waals surface area contributed by atoms with E-state index in [4.69, 9.17) is 22.4 Å². The smallest absolute Gasteiger partial charge is 0.305 e. The van der Waals surface area contributed by atoms with E-state index in [1.54, 1.807) is 0 Å². The molecule has 0 aliphatic carbocycles. The van der Waals surface area contributed by atoms with Gasteiger partial charge in [0.2, 0.25) is 11.8 Å². The van der Waals surface area contributed by atoms with Crippen molar-refractivity contribution in [1.29, 1.82) is 0 Å². The van der Waals surface area contributed by atoms with Gasteiger partial charge in [0.25, 0.3) is 0 Å². The van der Waals surface area contributed by atoms with Gasteiger partial charge in [-0.05, 0) is 18.6 Å². The van der Waals surface area contributed by atoms with Crippen LogP contribution in [-0.2, 0) is 14.4 Å². The first-order chi connectivity index (χ1) is 8.47. The predicted octanol–water partition coefficient (Wildman–Crippen LogP) is -0.811. The quantitative estimate of drug-likeness (QED) is 0.485. The van der Waals surface area contributed by atoms with Crippen LogP contribution in [0.1, 0.15) is 19.3 Å². The number of hydrogen-bond acceptors (Lipinski definition) is 5. The van der Waals surface area contributed by atoms with E-state index in [2.05, 4.69) is 0 Å². The molecular formula is C10H14N2O5S. The molecule has 1 rings (SSSR count). The van der Waals surface area contributed by atoms with Gasteiger partial charge in [0.1, 0.15) is 6.42 Å². The van der Waals surface area contributed by atoms with Gasteiger partial charge in [-0.3, -0.25) is 24.2 Å². The molecular weight excluding hydrogens is 260 g/mol. The first-order valence-corrected chi connectivity index (χ1v) is 5.85. The average molecular weight is 274 g/mol. The summed E-state index contributed by atoms with van der Waals surface area (Å²) in [5, 5.41) is 17.3. The predicted molar refractivity (Wildman–Crippen MR) is 64.6 cm³/mol. The molecule has 0 aromatic carbocycles. The maximum absolute atomic E-state index is 11.6. The number of carboxylic acids is 1. The SMILES string of the molecule is O=C(O)CCN1C(=O)CC(=O)N(CCCO)C1=S. The molecule has 1 fully saturated rings. The zero-order valence-electron chi connectivity index (χ0n) is 9.66. The summed E-state index contributed by atoms with van der Waals surface area (Å²) in [4.78, 5) is 36.0. The van der Waals surface area contributed by atoms with Crippen molar-refractivity contribution >= 4 is 35.1 Å². The molecule has 18 heavy (non-hydrogen) atoms. The minimum Gasteiger partial charge on any atom is -0.481 e. The molecule has 2 amide bonds. The number of aliphatic hydroxyl groups excluding tert-OH is 1. The Morgan fingerprint density at radius 2 is 1.78 bits per heavy atom. The molecule has 1 saturated heterocycles. The van der Waals surface area contributed by atoms with Crippen LogP contribution in [0.2, 0.25) is 0 Å². The van der Waals surface area contributed by atoms with Crippen LogP contribution in [0.15, 0.2) is 0 Å². The highest BCUT2D eigenvalue weighted by atomic mass is 32.1. The largest absolute Gasteiger partial charge is 0.481 e. The highest BCUT2D eigenvalue weighted by Gasteiger charge is 2.34. The fourth-order valence-corrected chi connectivity index (χ4v) is 1.94. The van der Waals surface area contributed by atoms with Gasteiger partial charge in [-0.25, -0.2) is 0 Å². The molecule has 1 aliphatic heterocycles. The lowest BCUT2D eigenvalue weighted by Crippen LogP contribution is -2.55. The number of aliphatic hydroxyl groups is 1. The van der Waals surface area contributed by atoms with E-state index in [0.29, 0.717) is 6.42 Å². The number of hydrogen-bond donors (Lipinski definition) is 2. The van der Waals surface area contributed by atoms with Crippen molar-refractivity contribution in [1.82, 2.24) is 9.80 Å². The van der Waals surface area contributed by atoms with Gasteiger partial charge in [-0.15, -0.1) is 0 Å². The van der Waals surface area contributed by atoms with E-state index < -0.39 is 17.8 Å². The molecule has 0 aromatic rings. The molecule has 0 bridgehead atoms. The Morgan fingerprint density at radius 3 is 2.28 bits per heavy atom. The Balaban J connectivity index is 2.71. The highest BCUT2D eigenvalue weighted by molar-refractivity contribution is 7.80. The number of rotatable bonds is 6. The van der Waals surface area contributed by atoms with Crippen molar-refractivity contribution in [2.24, 2.45) is 0 Å². The summed E-state index contributed by atoms with van der Waals surface area (Å²) >= 11 is 5.00. The summed E-state index contributed by atoms with van der Waals surface area (Å²) in [6.45, 7) is 0.0936. The number of carbonyl (C=O) groups is 3. The van der Waals surface area contributed by atoms with E-state index in [-0.39, 0.29) is 37.7 Å². The van der Waals surface area contributed by atoms with Crippen LogP contribution in [0.4, 0.5) is 0 Å². The van der Waals surface area contributed by atoms with Crippen LogP contribution in [0.3, 0.4) is 0 Å². The lowest BCUT2D eigenvalue weighted by Gasteiger charge is -2.35. The Morgan fingerprint density at radius 1 is 1.22 bits per heavy atom. The van der Waals surface area contributed by atoms with E-state index >= 15 is 0 Å². The van der Waals surface area contributed by atoms with E-state index in [1.807, 2.05) is 0 Å². The normalized spacial score (nSPS) is 16.4. The third kappa shape index (κ3) is 3.47. The second-order valence-electron chi connectivity index (χ2n) is 3.77. The molecule has 0 spiro atoms. The highest BCUT2D eigenvalue weighted by Crippen LogP contribution is 2.13. The van der Waals surface area contributed by atoms with Gasteiger partial charge in [-0.1, -0.05) is 0 Å². The van der Waals surface area contributed by atoms with Crippen LogP contribution >= 0.6 is 12.2 Å². The number of amides is 2. The summed E-state index contributed by atoms with van der Waals surface area (Å²) in [6, 6.07) is 0. The van der Waals surface area contributed by atoms with Gasteiger partial charge in [0, 0.05) is 19.7 Å². The fraction of sp³-hybridized carbons (Fsp3) is 0.600. The molecule has 0 radical (unpaired) electrons. The Labute approximate surface area is 109 Å². The summed E-state index contributed by atoms with van der Waals surface area (Å²) in [5.74, 6) is -1.93. The number of thiocarbonyl (C=S) groups is 1. The fourth-order valence-electron chi connectivity index (χ4n) is 1.56. The van der Waals surface area contributed by atoms with Crippen molar-refractivity contribution < 1.29 is 24.6 Å². The first kappa shape index (κ1) is 14.5. The molecule has 0 aromatic heterocycles. The monoisotopic (exact) mass is 274 g/mol. The van der Waals surface area contributed by atoms with Crippen molar-refractivity contribution in [3.8, 4) is 0 Å². The van der Waals surface area contributed by atoms with Gasteiger partial charge >= 0.3 is 5.97 Å². The standard InChI is InChI=1S/C10H14N2O5S/c13-5-1-3-11-7(14)6-8(15)12(10(11)18)4-2-9(16)17/h13H,1-6H2,(H,16,17). The molecule has 0 saturated carbocycles. The zero-order chi connectivity index (χ0) is 13.7. The molecule has 0 unspecified atom stereocenters. The molecule has 100 valence electrons. The summed E-state index contributed by atoms with van der Waals surface area (Å²) in [7, 11) is 0. The molecule has 7 nitrogen and oxygen atoms in total. The maximum Gasteiger partial charge on any atom is 0.305 e. The molecule has 1 aliphatic rings. The third-order valence-corrected chi connectivity index (χ3v) is 2.90. The number of aliphatic carboxylic acids is 1. The van der Waals surface area contributed by atoms with E-state index in [0.717, 1.165) is 4.90 Å². The number of nitrogens with zero attached hydrogens (tertiary/aromatic N) is 2. The molecule has 1 heterocycles. The Kier molecular flexibility index (Phi) is 5.17. The van der Waals surface area contributed by atoms with Gasteiger partial charge in [0.15, 0.2) is 5.11 Å². The zero-order valence-corrected chi connectivity index (χ0v) is 10.5. The van der Waals surface area contributed by atoms with Crippen LogP contribution < -0.4 is 0 Å².